The molecule has 5 nitrogen and oxygen atoms in total. The molecule has 1 heterocycles. The molecule has 0 saturated heterocycles. The number of aryl methyl sites for hydroxylation is 2. The van der Waals surface area contributed by atoms with Gasteiger partial charge in [0.25, 0.3) is 0 Å². The van der Waals surface area contributed by atoms with E-state index in [1.807, 2.05) is 20.8 Å². The fourth-order valence-electron chi connectivity index (χ4n) is 2.30. The largest absolute Gasteiger partial charge is 0.368 e. The number of primary amides is 1. The molecule has 1 aromatic rings. The summed E-state index contributed by atoms with van der Waals surface area (Å²) >= 11 is 1.60. The zero-order chi connectivity index (χ0) is 14.2. The molecule has 1 amide bonds. The van der Waals surface area contributed by atoms with Crippen molar-refractivity contribution in [1.82, 2.24) is 9.97 Å². The molecule has 1 fully saturated rings. The molecular formula is C13H20N4OS. The molecule has 1 aliphatic carbocycles. The Morgan fingerprint density at radius 2 is 1.89 bits per heavy atom. The highest BCUT2D eigenvalue weighted by molar-refractivity contribution is 7.99. The average molecular weight is 280 g/mol. The molecule has 0 aliphatic heterocycles. The van der Waals surface area contributed by atoms with Gasteiger partial charge in [0.2, 0.25) is 5.91 Å². The molecule has 2 rings (SSSR count). The van der Waals surface area contributed by atoms with Crippen molar-refractivity contribution in [1.29, 1.82) is 0 Å². The number of thioether (sulfide) groups is 1. The molecule has 0 aromatic carbocycles. The molecule has 2 atom stereocenters. The first-order chi connectivity index (χ1) is 8.82. The van der Waals surface area contributed by atoms with Crippen LogP contribution in [-0.4, -0.2) is 26.7 Å². The van der Waals surface area contributed by atoms with Crippen molar-refractivity contribution in [3.63, 3.8) is 0 Å². The van der Waals surface area contributed by atoms with Crippen LogP contribution in [0, 0.1) is 20.8 Å². The van der Waals surface area contributed by atoms with Crippen LogP contribution in [0.3, 0.4) is 0 Å². The quantitative estimate of drug-likeness (QED) is 0.812. The molecule has 1 saturated carbocycles. The molecule has 4 N–H and O–H groups in total. The van der Waals surface area contributed by atoms with Gasteiger partial charge in [-0.3, -0.25) is 4.79 Å². The van der Waals surface area contributed by atoms with Crippen LogP contribution in [0.2, 0.25) is 0 Å². The van der Waals surface area contributed by atoms with Gasteiger partial charge >= 0.3 is 0 Å². The summed E-state index contributed by atoms with van der Waals surface area (Å²) in [5, 5.41) is 1.03. The number of carbonyl (C=O) groups excluding carboxylic acids is 1. The van der Waals surface area contributed by atoms with Crippen LogP contribution in [0.25, 0.3) is 0 Å². The Labute approximate surface area is 117 Å². The van der Waals surface area contributed by atoms with E-state index in [1.165, 1.54) is 0 Å². The minimum Gasteiger partial charge on any atom is -0.368 e. The third-order valence-electron chi connectivity index (χ3n) is 3.88. The second-order valence-electron chi connectivity index (χ2n) is 5.31. The number of nitrogens with two attached hydrogens (primary N) is 2. The summed E-state index contributed by atoms with van der Waals surface area (Å²) in [7, 11) is 0. The van der Waals surface area contributed by atoms with E-state index in [2.05, 4.69) is 9.97 Å². The molecule has 0 bridgehead atoms. The summed E-state index contributed by atoms with van der Waals surface area (Å²) in [6.45, 7) is 5.99. The molecule has 0 radical (unpaired) electrons. The molecule has 2 unspecified atom stereocenters. The van der Waals surface area contributed by atoms with Gasteiger partial charge in [0.15, 0.2) is 5.16 Å². The van der Waals surface area contributed by atoms with Crippen LogP contribution in [0.5, 0.6) is 0 Å². The van der Waals surface area contributed by atoms with Gasteiger partial charge in [-0.1, -0.05) is 11.8 Å². The Kier molecular flexibility index (Phi) is 3.82. The average Bonchev–Trinajstić information content (AvgIpc) is 2.69. The Bertz CT molecular complexity index is 496. The summed E-state index contributed by atoms with van der Waals surface area (Å²) in [6, 6.07) is 0. The van der Waals surface area contributed by atoms with Gasteiger partial charge in [-0.25, -0.2) is 9.97 Å². The second-order valence-corrected chi connectivity index (χ2v) is 6.57. The van der Waals surface area contributed by atoms with Gasteiger partial charge in [-0.2, -0.15) is 0 Å². The maximum atomic E-state index is 11.3. The highest BCUT2D eigenvalue weighted by atomic mass is 32.2. The normalized spacial score (nSPS) is 26.6. The highest BCUT2D eigenvalue weighted by Crippen LogP contribution is 2.38. The van der Waals surface area contributed by atoms with Crippen molar-refractivity contribution in [2.24, 2.45) is 11.5 Å². The van der Waals surface area contributed by atoms with Gasteiger partial charge < -0.3 is 11.5 Å². The molecule has 19 heavy (non-hydrogen) atoms. The summed E-state index contributed by atoms with van der Waals surface area (Å²) in [5.74, 6) is -0.409. The van der Waals surface area contributed by atoms with E-state index in [1.54, 1.807) is 11.8 Å². The van der Waals surface area contributed by atoms with E-state index in [0.717, 1.165) is 28.5 Å². The minimum atomic E-state index is -0.855. The Hall–Kier alpha value is -1.14. The first-order valence-corrected chi connectivity index (χ1v) is 7.27. The Morgan fingerprint density at radius 1 is 1.32 bits per heavy atom. The molecular weight excluding hydrogens is 260 g/mol. The van der Waals surface area contributed by atoms with Crippen molar-refractivity contribution < 1.29 is 4.79 Å². The van der Waals surface area contributed by atoms with E-state index in [-0.39, 0.29) is 5.25 Å². The van der Waals surface area contributed by atoms with Crippen molar-refractivity contribution in [2.45, 2.75) is 56.0 Å². The van der Waals surface area contributed by atoms with Crippen LogP contribution in [0.4, 0.5) is 0 Å². The van der Waals surface area contributed by atoms with Crippen LogP contribution in [-0.2, 0) is 4.79 Å². The lowest BCUT2D eigenvalue weighted by Gasteiger charge is -2.19. The van der Waals surface area contributed by atoms with Crippen molar-refractivity contribution >= 4 is 17.7 Å². The second kappa shape index (κ2) is 5.09. The van der Waals surface area contributed by atoms with Crippen LogP contribution in [0.15, 0.2) is 5.16 Å². The standard InChI is InChI=1S/C13H20N4OS/c1-7-8(2)16-12(17-9(7)3)19-10-4-5-13(15,6-10)11(14)18/h10H,4-6,15H2,1-3H3,(H2,14,18). The number of amides is 1. The van der Waals surface area contributed by atoms with Crippen molar-refractivity contribution in [2.75, 3.05) is 0 Å². The fourth-order valence-corrected chi connectivity index (χ4v) is 3.59. The van der Waals surface area contributed by atoms with Gasteiger partial charge in [0.1, 0.15) is 0 Å². The zero-order valence-electron chi connectivity index (χ0n) is 11.6. The SMILES string of the molecule is Cc1nc(SC2CCC(N)(C(N)=O)C2)nc(C)c1C. The van der Waals surface area contributed by atoms with Crippen LogP contribution >= 0.6 is 11.8 Å². The highest BCUT2D eigenvalue weighted by Gasteiger charge is 2.41. The number of rotatable bonds is 3. The predicted octanol–water partition coefficient (Wildman–Crippen LogP) is 1.23. The molecule has 1 aromatic heterocycles. The molecule has 104 valence electrons. The van der Waals surface area contributed by atoms with Gasteiger partial charge in [0, 0.05) is 16.6 Å². The first-order valence-electron chi connectivity index (χ1n) is 6.39. The molecule has 1 aliphatic rings. The third kappa shape index (κ3) is 2.90. The van der Waals surface area contributed by atoms with Crippen molar-refractivity contribution in [3.8, 4) is 0 Å². The molecule has 0 spiro atoms. The minimum absolute atomic E-state index is 0.263. The Morgan fingerprint density at radius 3 is 2.37 bits per heavy atom. The topological polar surface area (TPSA) is 94.9 Å². The Balaban J connectivity index is 2.10. The van der Waals surface area contributed by atoms with E-state index in [0.29, 0.717) is 12.8 Å². The van der Waals surface area contributed by atoms with Crippen LogP contribution < -0.4 is 11.5 Å². The monoisotopic (exact) mass is 280 g/mol. The summed E-state index contributed by atoms with van der Waals surface area (Å²) in [4.78, 5) is 20.3. The summed E-state index contributed by atoms with van der Waals surface area (Å²) in [5.41, 5.74) is 13.6. The lowest BCUT2D eigenvalue weighted by atomic mass is 9.99. The van der Waals surface area contributed by atoms with Crippen molar-refractivity contribution in [3.05, 3.63) is 17.0 Å². The van der Waals surface area contributed by atoms with E-state index in [4.69, 9.17) is 11.5 Å². The van der Waals surface area contributed by atoms with E-state index < -0.39 is 11.4 Å². The molecule has 6 heteroatoms. The fraction of sp³-hybridized carbons (Fsp3) is 0.615. The smallest absolute Gasteiger partial charge is 0.237 e. The summed E-state index contributed by atoms with van der Waals surface area (Å²) in [6.07, 6.45) is 2.12. The van der Waals surface area contributed by atoms with Gasteiger partial charge in [-0.15, -0.1) is 0 Å². The first kappa shape index (κ1) is 14.3. The summed E-state index contributed by atoms with van der Waals surface area (Å²) < 4.78 is 0. The van der Waals surface area contributed by atoms with Gasteiger partial charge in [0.05, 0.1) is 5.54 Å². The van der Waals surface area contributed by atoms with E-state index in [9.17, 15) is 4.79 Å². The maximum Gasteiger partial charge on any atom is 0.237 e. The lowest BCUT2D eigenvalue weighted by Crippen LogP contribution is -2.50. The number of nitrogens with zero attached hydrogens (tertiary/aromatic N) is 2. The number of aromatic nitrogens is 2. The maximum absolute atomic E-state index is 11.3. The number of hydrogen-bond acceptors (Lipinski definition) is 5. The van der Waals surface area contributed by atoms with Crippen LogP contribution in [0.1, 0.15) is 36.2 Å². The zero-order valence-corrected chi connectivity index (χ0v) is 12.4. The number of hydrogen-bond donors (Lipinski definition) is 2. The third-order valence-corrected chi connectivity index (χ3v) is 5.01. The van der Waals surface area contributed by atoms with E-state index >= 15 is 0 Å². The number of carbonyl (C=O) groups is 1. The van der Waals surface area contributed by atoms with Gasteiger partial charge in [-0.05, 0) is 45.6 Å². The predicted molar refractivity (Wildman–Crippen MR) is 75.9 cm³/mol. The lowest BCUT2D eigenvalue weighted by molar-refractivity contribution is -0.122.